The van der Waals surface area contributed by atoms with Crippen LogP contribution in [0.3, 0.4) is 0 Å². The van der Waals surface area contributed by atoms with Gasteiger partial charge in [-0.05, 0) is 77.1 Å². The quantitative estimate of drug-likeness (QED) is 0.334. The molecule has 0 radical (unpaired) electrons. The van der Waals surface area contributed by atoms with Crippen molar-refractivity contribution in [1.29, 1.82) is 0 Å². The zero-order valence-corrected chi connectivity index (χ0v) is 18.4. The van der Waals surface area contributed by atoms with E-state index in [-0.39, 0.29) is 5.97 Å². The summed E-state index contributed by atoms with van der Waals surface area (Å²) in [5, 5.41) is 0. The summed E-state index contributed by atoms with van der Waals surface area (Å²) in [6.07, 6.45) is 8.36. The SMILES string of the molecule is COC(=O)c1ccc2c(c1)/C(=C/Cn1cnc3cc(C)c(C)cc31)c1ccccc1C=C2. The van der Waals surface area contributed by atoms with E-state index in [0.717, 1.165) is 38.9 Å². The largest absolute Gasteiger partial charge is 0.465 e. The van der Waals surface area contributed by atoms with E-state index in [4.69, 9.17) is 4.74 Å². The molecule has 0 atom stereocenters. The van der Waals surface area contributed by atoms with Crippen LogP contribution in [-0.4, -0.2) is 22.6 Å². The summed E-state index contributed by atoms with van der Waals surface area (Å²) in [5.74, 6) is -0.333. The van der Waals surface area contributed by atoms with Gasteiger partial charge in [0.25, 0.3) is 0 Å². The Morgan fingerprint density at radius 1 is 0.969 bits per heavy atom. The van der Waals surface area contributed by atoms with Gasteiger partial charge in [-0.3, -0.25) is 0 Å². The molecule has 1 aliphatic carbocycles. The molecule has 1 heterocycles. The van der Waals surface area contributed by atoms with Gasteiger partial charge < -0.3 is 9.30 Å². The molecule has 0 spiro atoms. The average Bonchev–Trinajstić information content (AvgIpc) is 3.11. The molecule has 0 N–H and O–H groups in total. The first-order chi connectivity index (χ1) is 15.5. The van der Waals surface area contributed by atoms with Crippen molar-refractivity contribution in [2.75, 3.05) is 7.11 Å². The standard InChI is InChI=1S/C28H24N2O2/c1-18-14-26-27(15-19(18)2)30(17-29-26)13-12-24-23-7-5-4-6-20(23)8-9-21-10-11-22(16-25(21)24)28(31)32-3/h4-12,14-17H,13H2,1-3H3/b24-12+. The maximum Gasteiger partial charge on any atom is 0.337 e. The van der Waals surface area contributed by atoms with E-state index < -0.39 is 0 Å². The molecule has 32 heavy (non-hydrogen) atoms. The van der Waals surface area contributed by atoms with Gasteiger partial charge in [0.1, 0.15) is 0 Å². The lowest BCUT2D eigenvalue weighted by molar-refractivity contribution is 0.0600. The molecule has 0 aliphatic heterocycles. The molecule has 4 heteroatoms. The molecule has 0 unspecified atom stereocenters. The highest BCUT2D eigenvalue weighted by Crippen LogP contribution is 2.34. The molecule has 1 aromatic heterocycles. The summed E-state index contributed by atoms with van der Waals surface area (Å²) < 4.78 is 7.13. The third-order valence-corrected chi connectivity index (χ3v) is 6.19. The Kier molecular flexibility index (Phi) is 4.98. The molecule has 4 nitrogen and oxygen atoms in total. The van der Waals surface area contributed by atoms with Gasteiger partial charge in [-0.25, -0.2) is 9.78 Å². The molecular weight excluding hydrogens is 396 g/mol. The van der Waals surface area contributed by atoms with Crippen molar-refractivity contribution in [3.63, 3.8) is 0 Å². The Labute approximate surface area is 187 Å². The fourth-order valence-electron chi connectivity index (χ4n) is 4.26. The zero-order chi connectivity index (χ0) is 22.2. The Morgan fingerprint density at radius 3 is 2.53 bits per heavy atom. The van der Waals surface area contributed by atoms with E-state index in [2.05, 4.69) is 72.0 Å². The minimum atomic E-state index is -0.333. The number of hydrogen-bond acceptors (Lipinski definition) is 3. The Bertz CT molecular complexity index is 1420. The molecule has 4 aromatic rings. The van der Waals surface area contributed by atoms with Crippen molar-refractivity contribution in [3.05, 3.63) is 106 Å². The second-order valence-electron chi connectivity index (χ2n) is 8.15. The molecule has 0 bridgehead atoms. The number of carbonyl (C=O) groups is 1. The number of imidazole rings is 1. The minimum Gasteiger partial charge on any atom is -0.465 e. The van der Waals surface area contributed by atoms with Crippen LogP contribution >= 0.6 is 0 Å². The predicted octanol–water partition coefficient (Wildman–Crippen LogP) is 6.06. The summed E-state index contributed by atoms with van der Waals surface area (Å²) in [6.45, 7) is 4.91. The molecule has 1 aliphatic rings. The van der Waals surface area contributed by atoms with E-state index >= 15 is 0 Å². The van der Waals surface area contributed by atoms with Crippen molar-refractivity contribution in [3.8, 4) is 0 Å². The Balaban J connectivity index is 1.66. The zero-order valence-electron chi connectivity index (χ0n) is 18.4. The van der Waals surface area contributed by atoms with Gasteiger partial charge in [-0.2, -0.15) is 0 Å². The molecule has 3 aromatic carbocycles. The van der Waals surface area contributed by atoms with Crippen LogP contribution in [0.15, 0.2) is 67.0 Å². The molecule has 0 amide bonds. The van der Waals surface area contributed by atoms with Gasteiger partial charge in [0, 0.05) is 6.54 Å². The van der Waals surface area contributed by atoms with Crippen LogP contribution in [0.25, 0.3) is 28.8 Å². The summed E-state index contributed by atoms with van der Waals surface area (Å²) in [6, 6.07) is 18.4. The van der Waals surface area contributed by atoms with E-state index in [1.165, 1.54) is 18.2 Å². The minimum absolute atomic E-state index is 0.333. The number of methoxy groups -OCH3 is 1. The summed E-state index contributed by atoms with van der Waals surface area (Å²) in [4.78, 5) is 16.8. The summed E-state index contributed by atoms with van der Waals surface area (Å²) in [5.41, 5.74) is 10.6. The lowest BCUT2D eigenvalue weighted by atomic mass is 9.92. The maximum atomic E-state index is 12.2. The Morgan fingerprint density at radius 2 is 1.72 bits per heavy atom. The van der Waals surface area contributed by atoms with Crippen LogP contribution in [-0.2, 0) is 11.3 Å². The van der Waals surface area contributed by atoms with Crippen LogP contribution < -0.4 is 0 Å². The van der Waals surface area contributed by atoms with Gasteiger partial charge in [0.2, 0.25) is 0 Å². The highest BCUT2D eigenvalue weighted by Gasteiger charge is 2.17. The fourth-order valence-corrected chi connectivity index (χ4v) is 4.26. The van der Waals surface area contributed by atoms with Crippen LogP contribution in [0, 0.1) is 13.8 Å². The van der Waals surface area contributed by atoms with E-state index in [9.17, 15) is 4.79 Å². The third kappa shape index (κ3) is 3.44. The van der Waals surface area contributed by atoms with Crippen molar-refractivity contribution >= 4 is 34.7 Å². The predicted molar refractivity (Wildman–Crippen MR) is 129 cm³/mol. The van der Waals surface area contributed by atoms with Crippen LogP contribution in [0.4, 0.5) is 0 Å². The average molecular weight is 421 g/mol. The van der Waals surface area contributed by atoms with Gasteiger partial charge in [-0.15, -0.1) is 0 Å². The number of aromatic nitrogens is 2. The molecule has 0 fully saturated rings. The molecule has 0 saturated heterocycles. The maximum absolute atomic E-state index is 12.2. The van der Waals surface area contributed by atoms with Crippen molar-refractivity contribution in [1.82, 2.24) is 9.55 Å². The smallest absolute Gasteiger partial charge is 0.337 e. The second kappa shape index (κ2) is 7.97. The van der Waals surface area contributed by atoms with Crippen LogP contribution in [0.2, 0.25) is 0 Å². The number of ether oxygens (including phenoxy) is 1. The highest BCUT2D eigenvalue weighted by molar-refractivity contribution is 5.97. The number of hydrogen-bond donors (Lipinski definition) is 0. The number of allylic oxidation sites excluding steroid dienone is 1. The summed E-state index contributed by atoms with van der Waals surface area (Å²) >= 11 is 0. The van der Waals surface area contributed by atoms with E-state index in [0.29, 0.717) is 12.1 Å². The van der Waals surface area contributed by atoms with E-state index in [1.54, 1.807) is 0 Å². The van der Waals surface area contributed by atoms with E-state index in [1.807, 2.05) is 30.6 Å². The number of benzene rings is 3. The van der Waals surface area contributed by atoms with Gasteiger partial charge in [-0.1, -0.05) is 48.6 Å². The van der Waals surface area contributed by atoms with Crippen LogP contribution in [0.1, 0.15) is 43.7 Å². The van der Waals surface area contributed by atoms with Gasteiger partial charge in [0.15, 0.2) is 0 Å². The Hall–Kier alpha value is -3.92. The number of esters is 1. The van der Waals surface area contributed by atoms with Crippen molar-refractivity contribution in [2.45, 2.75) is 20.4 Å². The molecule has 158 valence electrons. The van der Waals surface area contributed by atoms with Crippen LogP contribution in [0.5, 0.6) is 0 Å². The molecule has 0 saturated carbocycles. The highest BCUT2D eigenvalue weighted by atomic mass is 16.5. The number of fused-ring (bicyclic) bond motifs is 3. The lowest BCUT2D eigenvalue weighted by Crippen LogP contribution is -2.03. The number of carbonyl (C=O) groups excluding carboxylic acids is 1. The van der Waals surface area contributed by atoms with Crippen molar-refractivity contribution < 1.29 is 9.53 Å². The first-order valence-corrected chi connectivity index (χ1v) is 10.7. The molecular formula is C28H24N2O2. The monoisotopic (exact) mass is 420 g/mol. The number of aryl methyl sites for hydroxylation is 2. The number of rotatable bonds is 3. The summed E-state index contributed by atoms with van der Waals surface area (Å²) in [7, 11) is 1.41. The molecule has 5 rings (SSSR count). The topological polar surface area (TPSA) is 44.1 Å². The lowest BCUT2D eigenvalue weighted by Gasteiger charge is -2.14. The van der Waals surface area contributed by atoms with Gasteiger partial charge >= 0.3 is 5.97 Å². The first kappa shape index (κ1) is 20.0. The third-order valence-electron chi connectivity index (χ3n) is 6.19. The first-order valence-electron chi connectivity index (χ1n) is 10.7. The van der Waals surface area contributed by atoms with Crippen molar-refractivity contribution in [2.24, 2.45) is 0 Å². The number of nitrogens with zero attached hydrogens (tertiary/aromatic N) is 2. The fraction of sp³-hybridized carbons (Fsp3) is 0.143. The normalized spacial score (nSPS) is 13.7. The van der Waals surface area contributed by atoms with Gasteiger partial charge in [0.05, 0.1) is 30.0 Å². The second-order valence-corrected chi connectivity index (χ2v) is 8.15.